The Morgan fingerprint density at radius 1 is 1.40 bits per heavy atom. The van der Waals surface area contributed by atoms with Crippen LogP contribution in [-0.2, 0) is 0 Å². The van der Waals surface area contributed by atoms with Crippen LogP contribution in [-0.4, -0.2) is 31.8 Å². The molecule has 1 aromatic rings. The number of methoxy groups -OCH3 is 1. The van der Waals surface area contributed by atoms with Crippen LogP contribution >= 0.6 is 15.9 Å². The minimum Gasteiger partial charge on any atom is -0.495 e. The summed E-state index contributed by atoms with van der Waals surface area (Å²) in [4.78, 5) is 2.50. The zero-order valence-corrected chi connectivity index (χ0v) is 14.5. The summed E-state index contributed by atoms with van der Waals surface area (Å²) in [6, 6.07) is 6.86. The Bertz CT molecular complexity index is 460. The highest BCUT2D eigenvalue weighted by Crippen LogP contribution is 2.33. The van der Waals surface area contributed by atoms with E-state index in [9.17, 15) is 0 Å². The lowest BCUT2D eigenvalue weighted by molar-refractivity contribution is 0.253. The van der Waals surface area contributed by atoms with Gasteiger partial charge in [0, 0.05) is 36.4 Å². The number of anilines is 1. The molecule has 1 fully saturated rings. The third-order valence-corrected chi connectivity index (χ3v) is 5.25. The van der Waals surface area contributed by atoms with Crippen molar-refractivity contribution in [1.82, 2.24) is 5.32 Å². The molecular formula is C16H25BrN2O. The second-order valence-electron chi connectivity index (χ2n) is 5.66. The van der Waals surface area contributed by atoms with Crippen molar-refractivity contribution >= 4 is 21.6 Å². The summed E-state index contributed by atoms with van der Waals surface area (Å²) in [6.45, 7) is 8.89. The highest BCUT2D eigenvalue weighted by Gasteiger charge is 2.35. The van der Waals surface area contributed by atoms with Gasteiger partial charge in [0.2, 0.25) is 0 Å². The van der Waals surface area contributed by atoms with Gasteiger partial charge in [0.05, 0.1) is 11.6 Å². The Morgan fingerprint density at radius 2 is 2.10 bits per heavy atom. The molecule has 3 nitrogen and oxygen atoms in total. The summed E-state index contributed by atoms with van der Waals surface area (Å²) in [5.74, 6) is 0.895. The van der Waals surface area contributed by atoms with Crippen LogP contribution in [0.3, 0.4) is 0 Å². The molecule has 0 aliphatic carbocycles. The van der Waals surface area contributed by atoms with Gasteiger partial charge in [0.1, 0.15) is 5.75 Å². The maximum atomic E-state index is 5.43. The molecule has 1 unspecified atom stereocenters. The molecule has 1 N–H and O–H groups in total. The quantitative estimate of drug-likeness (QED) is 0.901. The molecule has 1 aliphatic rings. The molecule has 1 atom stereocenters. The fourth-order valence-corrected chi connectivity index (χ4v) is 3.32. The number of ether oxygens (including phenoxy) is 1. The summed E-state index contributed by atoms with van der Waals surface area (Å²) in [5.41, 5.74) is 1.47. The number of nitrogens with zero attached hydrogens (tertiary/aromatic N) is 1. The van der Waals surface area contributed by atoms with Gasteiger partial charge in [0.15, 0.2) is 0 Å². The normalized spacial score (nSPS) is 21.9. The van der Waals surface area contributed by atoms with Gasteiger partial charge in [-0.05, 0) is 47.8 Å². The van der Waals surface area contributed by atoms with E-state index >= 15 is 0 Å². The van der Waals surface area contributed by atoms with Crippen molar-refractivity contribution in [1.29, 1.82) is 0 Å². The van der Waals surface area contributed by atoms with E-state index in [1.54, 1.807) is 7.11 Å². The highest BCUT2D eigenvalue weighted by molar-refractivity contribution is 9.10. The third-order valence-electron chi connectivity index (χ3n) is 4.60. The standard InChI is InChI=1S/C16H25BrN2O/c1-5-16(6-2)11-19(12(3)10-18-16)13-7-8-14(17)15(9-13)20-4/h7-9,12,18H,5-6,10-11H2,1-4H3. The van der Waals surface area contributed by atoms with Gasteiger partial charge >= 0.3 is 0 Å². The van der Waals surface area contributed by atoms with Crippen molar-refractivity contribution in [2.45, 2.75) is 45.2 Å². The summed E-state index contributed by atoms with van der Waals surface area (Å²) in [6.07, 6.45) is 2.31. The van der Waals surface area contributed by atoms with Crippen LogP contribution < -0.4 is 15.0 Å². The molecule has 0 radical (unpaired) electrons. The molecule has 4 heteroatoms. The smallest absolute Gasteiger partial charge is 0.135 e. The Balaban J connectivity index is 2.29. The topological polar surface area (TPSA) is 24.5 Å². The molecule has 1 saturated heterocycles. The van der Waals surface area contributed by atoms with Crippen molar-refractivity contribution in [2.24, 2.45) is 0 Å². The molecule has 112 valence electrons. The van der Waals surface area contributed by atoms with E-state index in [1.165, 1.54) is 5.69 Å². The third kappa shape index (κ3) is 2.96. The van der Waals surface area contributed by atoms with Crippen LogP contribution in [0.2, 0.25) is 0 Å². The Morgan fingerprint density at radius 3 is 2.70 bits per heavy atom. The lowest BCUT2D eigenvalue weighted by Gasteiger charge is -2.47. The Labute approximate surface area is 130 Å². The number of rotatable bonds is 4. The molecule has 0 saturated carbocycles. The fourth-order valence-electron chi connectivity index (χ4n) is 2.91. The highest BCUT2D eigenvalue weighted by atomic mass is 79.9. The van der Waals surface area contributed by atoms with E-state index < -0.39 is 0 Å². The molecule has 0 amide bonds. The average molecular weight is 341 g/mol. The zero-order valence-electron chi connectivity index (χ0n) is 12.9. The van der Waals surface area contributed by atoms with Crippen molar-refractivity contribution in [2.75, 3.05) is 25.1 Å². The number of hydrogen-bond acceptors (Lipinski definition) is 3. The molecule has 1 heterocycles. The van der Waals surface area contributed by atoms with Crippen molar-refractivity contribution in [3.05, 3.63) is 22.7 Å². The average Bonchev–Trinajstić information content (AvgIpc) is 2.49. The lowest BCUT2D eigenvalue weighted by atomic mass is 9.88. The molecule has 2 rings (SSSR count). The number of benzene rings is 1. The van der Waals surface area contributed by atoms with E-state index in [1.807, 2.05) is 0 Å². The summed E-state index contributed by atoms with van der Waals surface area (Å²) < 4.78 is 6.43. The summed E-state index contributed by atoms with van der Waals surface area (Å²) >= 11 is 3.52. The minimum absolute atomic E-state index is 0.229. The first kappa shape index (κ1) is 15.6. The zero-order chi connectivity index (χ0) is 14.8. The molecule has 0 aromatic heterocycles. The molecule has 0 spiro atoms. The van der Waals surface area contributed by atoms with E-state index in [-0.39, 0.29) is 5.54 Å². The van der Waals surface area contributed by atoms with Crippen molar-refractivity contribution in [3.8, 4) is 5.75 Å². The van der Waals surface area contributed by atoms with Crippen LogP contribution in [0.1, 0.15) is 33.6 Å². The predicted molar refractivity (Wildman–Crippen MR) is 88.8 cm³/mol. The van der Waals surface area contributed by atoms with Crippen LogP contribution in [0, 0.1) is 0 Å². The molecule has 0 bridgehead atoms. The summed E-state index contributed by atoms with van der Waals surface area (Å²) in [5, 5.41) is 3.74. The second-order valence-corrected chi connectivity index (χ2v) is 6.52. The van der Waals surface area contributed by atoms with E-state index in [2.05, 4.69) is 65.1 Å². The second kappa shape index (κ2) is 6.35. The van der Waals surface area contributed by atoms with Gasteiger partial charge in [-0.3, -0.25) is 0 Å². The number of halogens is 1. The summed E-state index contributed by atoms with van der Waals surface area (Å²) in [7, 11) is 1.72. The number of hydrogen-bond donors (Lipinski definition) is 1. The lowest BCUT2D eigenvalue weighted by Crippen LogP contribution is -2.63. The van der Waals surface area contributed by atoms with E-state index in [0.29, 0.717) is 6.04 Å². The largest absolute Gasteiger partial charge is 0.495 e. The first-order chi connectivity index (χ1) is 9.55. The number of nitrogens with one attached hydrogen (secondary N) is 1. The van der Waals surface area contributed by atoms with Gasteiger partial charge < -0.3 is 15.0 Å². The molecular weight excluding hydrogens is 316 g/mol. The van der Waals surface area contributed by atoms with Gasteiger partial charge in [-0.2, -0.15) is 0 Å². The van der Waals surface area contributed by atoms with E-state index in [4.69, 9.17) is 4.74 Å². The van der Waals surface area contributed by atoms with Gasteiger partial charge in [-0.1, -0.05) is 13.8 Å². The van der Waals surface area contributed by atoms with Gasteiger partial charge in [-0.25, -0.2) is 0 Å². The Hall–Kier alpha value is -0.740. The molecule has 1 aromatic carbocycles. The SMILES string of the molecule is CCC1(CC)CN(c2ccc(Br)c(OC)c2)C(C)CN1. The Kier molecular flexibility index (Phi) is 4.97. The van der Waals surface area contributed by atoms with Gasteiger partial charge in [-0.15, -0.1) is 0 Å². The first-order valence-corrected chi connectivity index (χ1v) is 8.19. The van der Waals surface area contributed by atoms with Crippen LogP contribution in [0.5, 0.6) is 5.75 Å². The maximum Gasteiger partial charge on any atom is 0.135 e. The van der Waals surface area contributed by atoms with Gasteiger partial charge in [0.25, 0.3) is 0 Å². The molecule has 1 aliphatic heterocycles. The molecule has 20 heavy (non-hydrogen) atoms. The fraction of sp³-hybridized carbons (Fsp3) is 0.625. The van der Waals surface area contributed by atoms with Crippen LogP contribution in [0.15, 0.2) is 22.7 Å². The minimum atomic E-state index is 0.229. The van der Waals surface area contributed by atoms with Crippen molar-refractivity contribution < 1.29 is 4.74 Å². The monoisotopic (exact) mass is 340 g/mol. The maximum absolute atomic E-state index is 5.43. The predicted octanol–water partition coefficient (Wildman–Crippen LogP) is 3.81. The van der Waals surface area contributed by atoms with E-state index in [0.717, 1.165) is 36.2 Å². The van der Waals surface area contributed by atoms with Crippen LogP contribution in [0.4, 0.5) is 5.69 Å². The number of piperazine rings is 1. The van der Waals surface area contributed by atoms with Crippen molar-refractivity contribution in [3.63, 3.8) is 0 Å². The first-order valence-electron chi connectivity index (χ1n) is 7.40. The van der Waals surface area contributed by atoms with Crippen LogP contribution in [0.25, 0.3) is 0 Å².